The second-order valence-corrected chi connectivity index (χ2v) is 8.64. The SMILES string of the molecule is O=C1c2cccc3c(NC4CCCCC4)ccc(c23)C(=O)N1C1CCCCC1. The topological polar surface area (TPSA) is 49.4 Å². The minimum atomic E-state index is -0.107. The minimum Gasteiger partial charge on any atom is -0.382 e. The van der Waals surface area contributed by atoms with E-state index in [1.807, 2.05) is 30.3 Å². The number of amides is 2. The van der Waals surface area contributed by atoms with Gasteiger partial charge in [-0.05, 0) is 43.9 Å². The van der Waals surface area contributed by atoms with Crippen LogP contribution in [0.3, 0.4) is 0 Å². The quantitative estimate of drug-likeness (QED) is 0.718. The first-order valence-electron chi connectivity index (χ1n) is 10.9. The van der Waals surface area contributed by atoms with E-state index in [0.29, 0.717) is 17.2 Å². The van der Waals surface area contributed by atoms with Gasteiger partial charge in [0.05, 0.1) is 0 Å². The fraction of sp³-hybridized carbons (Fsp3) is 0.500. The van der Waals surface area contributed by atoms with Crippen molar-refractivity contribution in [3.05, 3.63) is 41.5 Å². The molecule has 2 aliphatic carbocycles. The van der Waals surface area contributed by atoms with Gasteiger partial charge in [0.25, 0.3) is 11.8 Å². The van der Waals surface area contributed by atoms with Gasteiger partial charge in [-0.2, -0.15) is 0 Å². The van der Waals surface area contributed by atoms with Gasteiger partial charge in [-0.15, -0.1) is 0 Å². The van der Waals surface area contributed by atoms with E-state index < -0.39 is 0 Å². The van der Waals surface area contributed by atoms with Crippen LogP contribution in [0.2, 0.25) is 0 Å². The summed E-state index contributed by atoms with van der Waals surface area (Å²) in [4.78, 5) is 28.2. The van der Waals surface area contributed by atoms with Crippen LogP contribution in [0.1, 0.15) is 84.9 Å². The fourth-order valence-corrected chi connectivity index (χ4v) is 5.38. The van der Waals surface area contributed by atoms with Gasteiger partial charge in [0.2, 0.25) is 0 Å². The van der Waals surface area contributed by atoms with Crippen molar-refractivity contribution >= 4 is 28.3 Å². The molecule has 0 aromatic heterocycles. The van der Waals surface area contributed by atoms with E-state index in [1.54, 1.807) is 4.90 Å². The van der Waals surface area contributed by atoms with Gasteiger partial charge in [0.1, 0.15) is 0 Å². The number of nitrogens with zero attached hydrogens (tertiary/aromatic N) is 1. The summed E-state index contributed by atoms with van der Waals surface area (Å²) >= 11 is 0. The molecule has 0 unspecified atom stereocenters. The Balaban J connectivity index is 1.55. The summed E-state index contributed by atoms with van der Waals surface area (Å²) < 4.78 is 0. The van der Waals surface area contributed by atoms with Crippen LogP contribution in [-0.4, -0.2) is 28.8 Å². The van der Waals surface area contributed by atoms with Crippen LogP contribution >= 0.6 is 0 Å². The lowest BCUT2D eigenvalue weighted by atomic mass is 9.88. The van der Waals surface area contributed by atoms with E-state index in [2.05, 4.69) is 5.32 Å². The lowest BCUT2D eigenvalue weighted by Gasteiger charge is -2.36. The van der Waals surface area contributed by atoms with Crippen molar-refractivity contribution < 1.29 is 9.59 Å². The Bertz CT molecular complexity index is 901. The van der Waals surface area contributed by atoms with Crippen LogP contribution in [0, 0.1) is 0 Å². The van der Waals surface area contributed by atoms with Crippen LogP contribution in [0.15, 0.2) is 30.3 Å². The third-order valence-corrected chi connectivity index (χ3v) is 6.84. The number of benzene rings is 2. The van der Waals surface area contributed by atoms with Crippen LogP contribution < -0.4 is 5.32 Å². The van der Waals surface area contributed by atoms with Crippen LogP contribution in [-0.2, 0) is 0 Å². The maximum atomic E-state index is 13.3. The van der Waals surface area contributed by atoms with E-state index in [-0.39, 0.29) is 17.9 Å². The molecule has 0 saturated heterocycles. The summed E-state index contributed by atoms with van der Waals surface area (Å²) in [6.07, 6.45) is 11.5. The number of carbonyl (C=O) groups excluding carboxylic acids is 2. The molecule has 28 heavy (non-hydrogen) atoms. The van der Waals surface area contributed by atoms with Crippen molar-refractivity contribution in [2.24, 2.45) is 0 Å². The van der Waals surface area contributed by atoms with Crippen molar-refractivity contribution in [2.45, 2.75) is 76.3 Å². The molecule has 2 saturated carbocycles. The molecule has 2 fully saturated rings. The predicted octanol–water partition coefficient (Wildman–Crippen LogP) is 5.51. The van der Waals surface area contributed by atoms with Crippen molar-refractivity contribution in [3.8, 4) is 0 Å². The smallest absolute Gasteiger partial charge is 0.261 e. The van der Waals surface area contributed by atoms with Gasteiger partial charge in [0, 0.05) is 39.7 Å². The second kappa shape index (κ2) is 7.23. The molecule has 1 heterocycles. The molecule has 0 atom stereocenters. The summed E-state index contributed by atoms with van der Waals surface area (Å²) in [5.41, 5.74) is 2.43. The zero-order valence-corrected chi connectivity index (χ0v) is 16.4. The van der Waals surface area contributed by atoms with Gasteiger partial charge in [-0.1, -0.05) is 50.7 Å². The van der Waals surface area contributed by atoms with Crippen molar-refractivity contribution in [3.63, 3.8) is 0 Å². The maximum absolute atomic E-state index is 13.3. The van der Waals surface area contributed by atoms with Gasteiger partial charge in [-0.3, -0.25) is 14.5 Å². The summed E-state index contributed by atoms with van der Waals surface area (Å²) in [6.45, 7) is 0. The number of hydrogen-bond acceptors (Lipinski definition) is 3. The highest BCUT2D eigenvalue weighted by molar-refractivity contribution is 6.26. The molecule has 2 amide bonds. The van der Waals surface area contributed by atoms with E-state index >= 15 is 0 Å². The Morgan fingerprint density at radius 3 is 2.11 bits per heavy atom. The third-order valence-electron chi connectivity index (χ3n) is 6.84. The molecule has 1 N–H and O–H groups in total. The highest BCUT2D eigenvalue weighted by Gasteiger charge is 2.38. The zero-order valence-electron chi connectivity index (χ0n) is 16.4. The van der Waals surface area contributed by atoms with E-state index in [4.69, 9.17) is 0 Å². The molecule has 2 aromatic rings. The Morgan fingerprint density at radius 2 is 1.39 bits per heavy atom. The molecular formula is C24H28N2O2. The first kappa shape index (κ1) is 17.7. The lowest BCUT2D eigenvalue weighted by molar-refractivity contribution is 0.0503. The summed E-state index contributed by atoms with van der Waals surface area (Å²) in [5.74, 6) is -0.213. The summed E-state index contributed by atoms with van der Waals surface area (Å²) in [7, 11) is 0. The fourth-order valence-electron chi connectivity index (χ4n) is 5.38. The highest BCUT2D eigenvalue weighted by atomic mass is 16.2. The minimum absolute atomic E-state index is 0.0530. The molecule has 2 aromatic carbocycles. The number of carbonyl (C=O) groups is 2. The average Bonchev–Trinajstić information content (AvgIpc) is 2.74. The molecule has 0 spiro atoms. The molecule has 1 aliphatic heterocycles. The molecular weight excluding hydrogens is 348 g/mol. The Labute approximate surface area is 166 Å². The number of anilines is 1. The number of nitrogens with one attached hydrogen (secondary N) is 1. The van der Waals surface area contributed by atoms with Crippen LogP contribution in [0.5, 0.6) is 0 Å². The van der Waals surface area contributed by atoms with E-state index in [9.17, 15) is 9.59 Å². The number of rotatable bonds is 3. The monoisotopic (exact) mass is 376 g/mol. The summed E-state index contributed by atoms with van der Waals surface area (Å²) in [5, 5.41) is 5.54. The molecule has 4 heteroatoms. The van der Waals surface area contributed by atoms with Crippen LogP contribution in [0.4, 0.5) is 5.69 Å². The molecule has 0 radical (unpaired) electrons. The third kappa shape index (κ3) is 2.90. The first-order chi connectivity index (χ1) is 13.7. The first-order valence-corrected chi connectivity index (χ1v) is 10.9. The molecule has 4 nitrogen and oxygen atoms in total. The maximum Gasteiger partial charge on any atom is 0.261 e. The Hall–Kier alpha value is -2.36. The largest absolute Gasteiger partial charge is 0.382 e. The molecule has 146 valence electrons. The van der Waals surface area contributed by atoms with E-state index in [0.717, 1.165) is 42.1 Å². The highest BCUT2D eigenvalue weighted by Crippen LogP contribution is 2.37. The van der Waals surface area contributed by atoms with Gasteiger partial charge in [0.15, 0.2) is 0 Å². The lowest BCUT2D eigenvalue weighted by Crippen LogP contribution is -2.47. The Morgan fingerprint density at radius 1 is 0.750 bits per heavy atom. The van der Waals surface area contributed by atoms with Crippen LogP contribution in [0.25, 0.3) is 10.8 Å². The van der Waals surface area contributed by atoms with Crippen molar-refractivity contribution in [1.82, 2.24) is 4.90 Å². The van der Waals surface area contributed by atoms with Crippen molar-refractivity contribution in [2.75, 3.05) is 5.32 Å². The second-order valence-electron chi connectivity index (χ2n) is 8.64. The van der Waals surface area contributed by atoms with Gasteiger partial charge < -0.3 is 5.32 Å². The number of imide groups is 1. The van der Waals surface area contributed by atoms with Crippen molar-refractivity contribution in [1.29, 1.82) is 0 Å². The van der Waals surface area contributed by atoms with E-state index in [1.165, 1.54) is 38.5 Å². The normalized spacial score (nSPS) is 21.4. The molecule has 5 rings (SSSR count). The molecule has 3 aliphatic rings. The molecule has 0 bridgehead atoms. The van der Waals surface area contributed by atoms with Gasteiger partial charge in [-0.25, -0.2) is 0 Å². The zero-order chi connectivity index (χ0) is 19.1. The predicted molar refractivity (Wildman–Crippen MR) is 112 cm³/mol. The van der Waals surface area contributed by atoms with Gasteiger partial charge >= 0.3 is 0 Å². The summed E-state index contributed by atoms with van der Waals surface area (Å²) in [6, 6.07) is 10.4. The number of hydrogen-bond donors (Lipinski definition) is 1. The standard InChI is InChI=1S/C24H28N2O2/c27-23-19-13-7-12-18-21(25-16-8-3-1-4-9-16)15-14-20(22(18)19)24(28)26(23)17-10-5-2-6-11-17/h7,12-17,25H,1-6,8-11H2. The average molecular weight is 377 g/mol. The Kier molecular flexibility index (Phi) is 4.58.